The minimum absolute atomic E-state index is 1.04. The van der Waals surface area contributed by atoms with Crippen LogP contribution in [0.4, 0.5) is 0 Å². The molecule has 0 N–H and O–H groups in total. The van der Waals surface area contributed by atoms with Crippen LogP contribution in [0.3, 0.4) is 0 Å². The molecule has 0 atom stereocenters. The average Bonchev–Trinajstić information content (AvgIpc) is 2.64. The van der Waals surface area contributed by atoms with Crippen LogP contribution < -0.4 is 4.74 Å². The molecule has 0 fully saturated rings. The van der Waals surface area contributed by atoms with Gasteiger partial charge in [0.2, 0.25) is 0 Å². The summed E-state index contributed by atoms with van der Waals surface area (Å²) in [6.45, 7) is 6.09. The Kier molecular flexibility index (Phi) is 2.32. The summed E-state index contributed by atoms with van der Waals surface area (Å²) in [6, 6.07) is 4.19. The number of allylic oxidation sites excluding steroid dienone is 1. The molecule has 0 bridgehead atoms. The summed E-state index contributed by atoms with van der Waals surface area (Å²) in [4.78, 5) is 0. The Morgan fingerprint density at radius 3 is 2.64 bits per heavy atom. The molecule has 0 unspecified atom stereocenters. The van der Waals surface area contributed by atoms with E-state index in [0.717, 1.165) is 17.7 Å². The van der Waals surface area contributed by atoms with E-state index in [1.54, 1.807) is 7.11 Å². The fourth-order valence-electron chi connectivity index (χ4n) is 2.26. The molecule has 0 aliphatic heterocycles. The molecule has 0 heterocycles. The molecule has 1 aromatic rings. The molecule has 0 amide bonds. The zero-order chi connectivity index (χ0) is 10.1. The molecule has 0 aromatic heterocycles. The van der Waals surface area contributed by atoms with Gasteiger partial charge in [-0.05, 0) is 48.9 Å². The van der Waals surface area contributed by atoms with Crippen molar-refractivity contribution in [3.05, 3.63) is 35.4 Å². The molecule has 1 nitrogen and oxygen atoms in total. The number of ether oxygens (including phenoxy) is 1. The van der Waals surface area contributed by atoms with Crippen LogP contribution in [0.5, 0.6) is 5.75 Å². The van der Waals surface area contributed by atoms with Crippen LogP contribution >= 0.6 is 0 Å². The first-order valence-electron chi connectivity index (χ1n) is 5.08. The second-order valence-electron chi connectivity index (χ2n) is 3.91. The van der Waals surface area contributed by atoms with Crippen molar-refractivity contribution < 1.29 is 4.74 Å². The van der Waals surface area contributed by atoms with Gasteiger partial charge in [-0.3, -0.25) is 0 Å². The van der Waals surface area contributed by atoms with Crippen molar-refractivity contribution >= 4 is 5.57 Å². The summed E-state index contributed by atoms with van der Waals surface area (Å²) in [5.41, 5.74) is 5.33. The third-order valence-electron chi connectivity index (χ3n) is 2.92. The van der Waals surface area contributed by atoms with Crippen LogP contribution in [0.2, 0.25) is 0 Å². The second kappa shape index (κ2) is 3.49. The monoisotopic (exact) mass is 188 g/mol. The highest BCUT2D eigenvalue weighted by Gasteiger charge is 2.18. The number of hydrogen-bond acceptors (Lipinski definition) is 1. The predicted molar refractivity (Wildman–Crippen MR) is 59.7 cm³/mol. The maximum absolute atomic E-state index is 5.36. The average molecular weight is 188 g/mol. The number of methoxy groups -OCH3 is 1. The Morgan fingerprint density at radius 2 is 2.00 bits per heavy atom. The highest BCUT2D eigenvalue weighted by atomic mass is 16.5. The Labute approximate surface area is 85.4 Å². The first-order valence-corrected chi connectivity index (χ1v) is 5.08. The van der Waals surface area contributed by atoms with Crippen LogP contribution in [-0.4, -0.2) is 7.11 Å². The molecular formula is C13H16O. The van der Waals surface area contributed by atoms with Crippen LogP contribution in [0.25, 0.3) is 5.57 Å². The van der Waals surface area contributed by atoms with Gasteiger partial charge in [-0.15, -0.1) is 0 Å². The Balaban J connectivity index is 2.58. The van der Waals surface area contributed by atoms with E-state index in [0.29, 0.717) is 0 Å². The minimum atomic E-state index is 1.04. The number of hydrogen-bond donors (Lipinski definition) is 0. The second-order valence-corrected chi connectivity index (χ2v) is 3.91. The standard InChI is InChI=1S/C13H16O/c1-9(2)10-7-8-13(14-3)12-6-4-5-11(10)12/h7-8H,1,4-6H2,2-3H3. The van der Waals surface area contributed by atoms with Gasteiger partial charge in [-0.2, -0.15) is 0 Å². The molecular weight excluding hydrogens is 172 g/mol. The van der Waals surface area contributed by atoms with E-state index in [-0.39, 0.29) is 0 Å². The summed E-state index contributed by atoms with van der Waals surface area (Å²) in [7, 11) is 1.74. The molecule has 14 heavy (non-hydrogen) atoms. The van der Waals surface area contributed by atoms with Crippen molar-refractivity contribution in [1.29, 1.82) is 0 Å². The van der Waals surface area contributed by atoms with Gasteiger partial charge in [0.05, 0.1) is 7.11 Å². The van der Waals surface area contributed by atoms with E-state index in [2.05, 4.69) is 25.6 Å². The van der Waals surface area contributed by atoms with Crippen molar-refractivity contribution in [1.82, 2.24) is 0 Å². The maximum atomic E-state index is 5.36. The first-order chi connectivity index (χ1) is 6.74. The Morgan fingerprint density at radius 1 is 1.29 bits per heavy atom. The van der Waals surface area contributed by atoms with E-state index in [1.807, 2.05) is 0 Å². The van der Waals surface area contributed by atoms with Crippen molar-refractivity contribution in [2.45, 2.75) is 26.2 Å². The SMILES string of the molecule is C=C(C)c1ccc(OC)c2c1CCC2. The summed E-state index contributed by atoms with van der Waals surface area (Å²) >= 11 is 0. The van der Waals surface area contributed by atoms with E-state index in [9.17, 15) is 0 Å². The molecule has 74 valence electrons. The lowest BCUT2D eigenvalue weighted by Crippen LogP contribution is -1.94. The van der Waals surface area contributed by atoms with Gasteiger partial charge in [-0.25, -0.2) is 0 Å². The normalized spacial score (nSPS) is 13.9. The van der Waals surface area contributed by atoms with Crippen LogP contribution in [0, 0.1) is 0 Å². The Hall–Kier alpha value is -1.24. The summed E-state index contributed by atoms with van der Waals surface area (Å²) in [5, 5.41) is 0. The molecule has 1 aromatic carbocycles. The van der Waals surface area contributed by atoms with Gasteiger partial charge in [0.1, 0.15) is 5.75 Å². The van der Waals surface area contributed by atoms with E-state index < -0.39 is 0 Å². The fraction of sp³-hybridized carbons (Fsp3) is 0.385. The molecule has 0 saturated heterocycles. The predicted octanol–water partition coefficient (Wildman–Crippen LogP) is 3.22. The molecule has 1 heteroatoms. The highest BCUT2D eigenvalue weighted by molar-refractivity contribution is 5.68. The molecule has 0 radical (unpaired) electrons. The maximum Gasteiger partial charge on any atom is 0.122 e. The van der Waals surface area contributed by atoms with E-state index >= 15 is 0 Å². The van der Waals surface area contributed by atoms with Gasteiger partial charge < -0.3 is 4.74 Å². The Bertz CT molecular complexity index is 377. The summed E-state index contributed by atoms with van der Waals surface area (Å²) in [5.74, 6) is 1.04. The largest absolute Gasteiger partial charge is 0.496 e. The topological polar surface area (TPSA) is 9.23 Å². The van der Waals surface area contributed by atoms with Crippen LogP contribution in [0.1, 0.15) is 30.0 Å². The molecule has 1 aliphatic rings. The number of fused-ring (bicyclic) bond motifs is 1. The summed E-state index contributed by atoms with van der Waals surface area (Å²) in [6.07, 6.45) is 3.57. The van der Waals surface area contributed by atoms with Crippen LogP contribution in [0.15, 0.2) is 18.7 Å². The third-order valence-corrected chi connectivity index (χ3v) is 2.92. The lowest BCUT2D eigenvalue weighted by molar-refractivity contribution is 0.410. The number of rotatable bonds is 2. The quantitative estimate of drug-likeness (QED) is 0.692. The van der Waals surface area contributed by atoms with Gasteiger partial charge in [-0.1, -0.05) is 18.2 Å². The zero-order valence-corrected chi connectivity index (χ0v) is 8.89. The van der Waals surface area contributed by atoms with Gasteiger partial charge in [0.25, 0.3) is 0 Å². The van der Waals surface area contributed by atoms with Gasteiger partial charge >= 0.3 is 0 Å². The molecule has 2 rings (SSSR count). The lowest BCUT2D eigenvalue weighted by Gasteiger charge is -2.11. The third kappa shape index (κ3) is 1.33. The van der Waals surface area contributed by atoms with Crippen LogP contribution in [-0.2, 0) is 12.8 Å². The smallest absolute Gasteiger partial charge is 0.122 e. The van der Waals surface area contributed by atoms with E-state index in [4.69, 9.17) is 4.74 Å². The molecule has 0 saturated carbocycles. The minimum Gasteiger partial charge on any atom is -0.496 e. The van der Waals surface area contributed by atoms with Crippen molar-refractivity contribution in [3.8, 4) is 5.75 Å². The lowest BCUT2D eigenvalue weighted by atomic mass is 9.98. The molecule has 0 spiro atoms. The zero-order valence-electron chi connectivity index (χ0n) is 8.89. The number of benzene rings is 1. The van der Waals surface area contributed by atoms with Crippen molar-refractivity contribution in [3.63, 3.8) is 0 Å². The fourth-order valence-corrected chi connectivity index (χ4v) is 2.26. The first kappa shape index (κ1) is 9.32. The van der Waals surface area contributed by atoms with E-state index in [1.165, 1.54) is 29.5 Å². The highest BCUT2D eigenvalue weighted by Crippen LogP contribution is 2.35. The summed E-state index contributed by atoms with van der Waals surface area (Å²) < 4.78 is 5.36. The van der Waals surface area contributed by atoms with Crippen molar-refractivity contribution in [2.24, 2.45) is 0 Å². The molecule has 1 aliphatic carbocycles. The van der Waals surface area contributed by atoms with Gasteiger partial charge in [0, 0.05) is 0 Å². The van der Waals surface area contributed by atoms with Crippen molar-refractivity contribution in [2.75, 3.05) is 7.11 Å². The van der Waals surface area contributed by atoms with Gasteiger partial charge in [0.15, 0.2) is 0 Å².